The van der Waals surface area contributed by atoms with Crippen LogP contribution in [0.5, 0.6) is 0 Å². The molecular weight excluding hydrogens is 357 g/mol. The molecule has 0 saturated heterocycles. The second-order valence-electron chi connectivity index (χ2n) is 4.49. The molecule has 0 bridgehead atoms. The van der Waals surface area contributed by atoms with Crippen LogP contribution in [0.3, 0.4) is 0 Å². The Labute approximate surface area is 137 Å². The van der Waals surface area contributed by atoms with Gasteiger partial charge in [-0.15, -0.1) is 12.4 Å². The summed E-state index contributed by atoms with van der Waals surface area (Å²) in [7, 11) is 0. The van der Waals surface area contributed by atoms with Gasteiger partial charge in [-0.2, -0.15) is 0 Å². The van der Waals surface area contributed by atoms with Crippen molar-refractivity contribution in [2.45, 2.75) is 6.92 Å². The molecule has 0 unspecified atom stereocenters. The van der Waals surface area contributed by atoms with Gasteiger partial charge in [0.25, 0.3) is 0 Å². The summed E-state index contributed by atoms with van der Waals surface area (Å²) in [6.07, 6.45) is 0. The number of fused-ring (bicyclic) bond motifs is 1. The fraction of sp³-hybridized carbons (Fsp3) is 0.0625. The van der Waals surface area contributed by atoms with Gasteiger partial charge in [-0.25, -0.2) is 4.98 Å². The number of aryl methyl sites for hydroxylation is 1. The number of nitrogens with zero attached hydrogens (tertiary/aromatic N) is 1. The van der Waals surface area contributed by atoms with Crippen molar-refractivity contribution in [2.75, 3.05) is 0 Å². The molecule has 2 aromatic carbocycles. The lowest BCUT2D eigenvalue weighted by Crippen LogP contribution is -1.88. The van der Waals surface area contributed by atoms with Crippen LogP contribution in [-0.2, 0) is 0 Å². The molecule has 0 atom stereocenters. The SMILES string of the molecule is Cc1cc(-c2ccc(Cl)cc2)nc2ccc(Br)cc12.Cl. The van der Waals surface area contributed by atoms with Gasteiger partial charge in [0.2, 0.25) is 0 Å². The predicted molar refractivity (Wildman–Crippen MR) is 91.9 cm³/mol. The molecule has 0 spiro atoms. The van der Waals surface area contributed by atoms with E-state index in [0.29, 0.717) is 0 Å². The quantitative estimate of drug-likeness (QED) is 0.509. The van der Waals surface area contributed by atoms with Crippen LogP contribution in [0.1, 0.15) is 5.56 Å². The van der Waals surface area contributed by atoms with Crippen LogP contribution in [0.2, 0.25) is 5.02 Å². The van der Waals surface area contributed by atoms with E-state index >= 15 is 0 Å². The van der Waals surface area contributed by atoms with Gasteiger partial charge in [-0.1, -0.05) is 39.7 Å². The Bertz CT molecular complexity index is 754. The maximum Gasteiger partial charge on any atom is 0.0712 e. The van der Waals surface area contributed by atoms with Gasteiger partial charge in [0.1, 0.15) is 0 Å². The Kier molecular flexibility index (Phi) is 4.69. The molecule has 0 aliphatic rings. The Hall–Kier alpha value is -1.09. The fourth-order valence-corrected chi connectivity index (χ4v) is 2.62. The molecule has 0 radical (unpaired) electrons. The van der Waals surface area contributed by atoms with E-state index in [9.17, 15) is 0 Å². The molecule has 3 rings (SSSR count). The molecule has 0 N–H and O–H groups in total. The predicted octanol–water partition coefficient (Wildman–Crippen LogP) is 6.05. The van der Waals surface area contributed by atoms with Crippen molar-refractivity contribution in [1.29, 1.82) is 0 Å². The lowest BCUT2D eigenvalue weighted by molar-refractivity contribution is 1.36. The maximum absolute atomic E-state index is 5.92. The zero-order valence-electron chi connectivity index (χ0n) is 10.7. The van der Waals surface area contributed by atoms with Crippen LogP contribution in [0.4, 0.5) is 0 Å². The van der Waals surface area contributed by atoms with Crippen molar-refractivity contribution in [3.05, 3.63) is 63.6 Å². The van der Waals surface area contributed by atoms with Gasteiger partial charge in [0.05, 0.1) is 11.2 Å². The third-order valence-electron chi connectivity index (χ3n) is 3.12. The first-order valence-corrected chi connectivity index (χ1v) is 7.13. The summed E-state index contributed by atoms with van der Waals surface area (Å²) in [5, 5.41) is 1.91. The Morgan fingerprint density at radius 1 is 1.00 bits per heavy atom. The highest BCUT2D eigenvalue weighted by molar-refractivity contribution is 9.10. The van der Waals surface area contributed by atoms with Crippen molar-refractivity contribution in [3.8, 4) is 11.3 Å². The van der Waals surface area contributed by atoms with Crippen LogP contribution >= 0.6 is 39.9 Å². The maximum atomic E-state index is 5.92. The van der Waals surface area contributed by atoms with E-state index in [1.54, 1.807) is 0 Å². The van der Waals surface area contributed by atoms with Crippen molar-refractivity contribution in [2.24, 2.45) is 0 Å². The minimum Gasteiger partial charge on any atom is -0.248 e. The summed E-state index contributed by atoms with van der Waals surface area (Å²) in [5.74, 6) is 0. The van der Waals surface area contributed by atoms with Gasteiger partial charge in [-0.3, -0.25) is 0 Å². The smallest absolute Gasteiger partial charge is 0.0712 e. The molecule has 4 heteroatoms. The second-order valence-corrected chi connectivity index (χ2v) is 5.84. The zero-order valence-corrected chi connectivity index (χ0v) is 13.9. The largest absolute Gasteiger partial charge is 0.248 e. The minimum absolute atomic E-state index is 0. The number of rotatable bonds is 1. The number of hydrogen-bond acceptors (Lipinski definition) is 1. The lowest BCUT2D eigenvalue weighted by atomic mass is 10.1. The van der Waals surface area contributed by atoms with Crippen molar-refractivity contribution in [3.63, 3.8) is 0 Å². The third-order valence-corrected chi connectivity index (χ3v) is 3.86. The summed E-state index contributed by atoms with van der Waals surface area (Å²) in [6.45, 7) is 2.11. The van der Waals surface area contributed by atoms with E-state index in [0.717, 1.165) is 26.3 Å². The molecule has 0 aliphatic heterocycles. The first-order valence-electron chi connectivity index (χ1n) is 5.96. The molecule has 0 aliphatic carbocycles. The average Bonchev–Trinajstić information content (AvgIpc) is 2.40. The van der Waals surface area contributed by atoms with Crippen molar-refractivity contribution >= 4 is 50.8 Å². The van der Waals surface area contributed by atoms with Crippen LogP contribution in [0.15, 0.2) is 53.0 Å². The highest BCUT2D eigenvalue weighted by Crippen LogP contribution is 2.27. The normalized spacial score (nSPS) is 10.3. The fourth-order valence-electron chi connectivity index (χ4n) is 2.14. The molecule has 0 saturated carbocycles. The number of benzene rings is 2. The molecule has 102 valence electrons. The van der Waals surface area contributed by atoms with Crippen molar-refractivity contribution in [1.82, 2.24) is 4.98 Å². The first-order chi connectivity index (χ1) is 9.13. The minimum atomic E-state index is 0. The monoisotopic (exact) mass is 367 g/mol. The molecule has 20 heavy (non-hydrogen) atoms. The standard InChI is InChI=1S/C16H11BrClN.ClH/c1-10-8-16(11-2-5-13(18)6-3-11)19-15-7-4-12(17)9-14(10)15;/h2-9H,1H3;1H. The van der Waals surface area contributed by atoms with Gasteiger partial charge < -0.3 is 0 Å². The number of halogens is 3. The summed E-state index contributed by atoms with van der Waals surface area (Å²) < 4.78 is 1.07. The number of aromatic nitrogens is 1. The molecule has 0 fully saturated rings. The van der Waals surface area contributed by atoms with Crippen LogP contribution in [0, 0.1) is 6.92 Å². The number of pyridine rings is 1. The number of hydrogen-bond donors (Lipinski definition) is 0. The molecule has 0 amide bonds. The second kappa shape index (κ2) is 6.13. The van der Waals surface area contributed by atoms with Crippen LogP contribution < -0.4 is 0 Å². The van der Waals surface area contributed by atoms with E-state index in [1.165, 1.54) is 10.9 Å². The van der Waals surface area contributed by atoms with Gasteiger partial charge in [0, 0.05) is 20.4 Å². The van der Waals surface area contributed by atoms with E-state index in [2.05, 4.69) is 35.0 Å². The highest BCUT2D eigenvalue weighted by atomic mass is 79.9. The Morgan fingerprint density at radius 3 is 2.40 bits per heavy atom. The lowest BCUT2D eigenvalue weighted by Gasteiger charge is -2.07. The molecule has 3 aromatic rings. The summed E-state index contributed by atoms with van der Waals surface area (Å²) >= 11 is 9.41. The zero-order chi connectivity index (χ0) is 13.4. The van der Waals surface area contributed by atoms with Crippen LogP contribution in [-0.4, -0.2) is 4.98 Å². The first kappa shape index (κ1) is 15.3. The molecule has 1 aromatic heterocycles. The highest BCUT2D eigenvalue weighted by Gasteiger charge is 2.05. The topological polar surface area (TPSA) is 12.9 Å². The van der Waals surface area contributed by atoms with E-state index in [4.69, 9.17) is 16.6 Å². The van der Waals surface area contributed by atoms with Crippen molar-refractivity contribution < 1.29 is 0 Å². The third kappa shape index (κ3) is 2.98. The molecule has 1 heterocycles. The van der Waals surface area contributed by atoms with Crippen LogP contribution in [0.25, 0.3) is 22.2 Å². The summed E-state index contributed by atoms with van der Waals surface area (Å²) in [4.78, 5) is 4.71. The van der Waals surface area contributed by atoms with E-state index in [-0.39, 0.29) is 12.4 Å². The molecular formula is C16H12BrCl2N. The Balaban J connectivity index is 0.00000147. The van der Waals surface area contributed by atoms with Gasteiger partial charge >= 0.3 is 0 Å². The van der Waals surface area contributed by atoms with E-state index in [1.807, 2.05) is 36.4 Å². The summed E-state index contributed by atoms with van der Waals surface area (Å²) in [5.41, 5.74) is 4.28. The Morgan fingerprint density at radius 2 is 1.70 bits per heavy atom. The average molecular weight is 369 g/mol. The molecule has 1 nitrogen and oxygen atoms in total. The summed E-state index contributed by atoms with van der Waals surface area (Å²) in [6, 6.07) is 16.0. The van der Waals surface area contributed by atoms with Gasteiger partial charge in [0.15, 0.2) is 0 Å². The van der Waals surface area contributed by atoms with Gasteiger partial charge in [-0.05, 0) is 48.9 Å². The van der Waals surface area contributed by atoms with E-state index < -0.39 is 0 Å².